The molecule has 0 fully saturated rings. The summed E-state index contributed by atoms with van der Waals surface area (Å²) in [5.74, 6) is -0.219. The molecule has 3 rings (SSSR count). The molecule has 0 saturated carbocycles. The van der Waals surface area contributed by atoms with Gasteiger partial charge in [0, 0.05) is 16.1 Å². The van der Waals surface area contributed by atoms with Crippen molar-refractivity contribution >= 4 is 40.6 Å². The lowest BCUT2D eigenvalue weighted by Crippen LogP contribution is -2.22. The zero-order valence-electron chi connectivity index (χ0n) is 15.0. The molecule has 0 radical (unpaired) electrons. The second-order valence-electron chi connectivity index (χ2n) is 6.16. The Morgan fingerprint density at radius 2 is 1.71 bits per heavy atom. The molecule has 3 aromatic carbocycles. The highest BCUT2D eigenvalue weighted by Gasteiger charge is 2.16. The van der Waals surface area contributed by atoms with Crippen molar-refractivity contribution < 1.29 is 14.3 Å². The molecule has 28 heavy (non-hydrogen) atoms. The van der Waals surface area contributed by atoms with E-state index in [0.29, 0.717) is 32.6 Å². The number of amides is 1. The number of ketones is 1. The van der Waals surface area contributed by atoms with E-state index in [9.17, 15) is 9.59 Å². The van der Waals surface area contributed by atoms with E-state index in [1.807, 2.05) is 19.1 Å². The molecular weight excluding hydrogens is 397 g/mol. The van der Waals surface area contributed by atoms with Gasteiger partial charge in [0.2, 0.25) is 0 Å². The van der Waals surface area contributed by atoms with Gasteiger partial charge in [-0.3, -0.25) is 9.59 Å². The van der Waals surface area contributed by atoms with Crippen LogP contribution in [0.3, 0.4) is 0 Å². The maximum absolute atomic E-state index is 12.8. The van der Waals surface area contributed by atoms with Gasteiger partial charge in [0.15, 0.2) is 12.4 Å². The van der Waals surface area contributed by atoms with Crippen molar-refractivity contribution in [2.24, 2.45) is 0 Å². The molecule has 3 aromatic rings. The van der Waals surface area contributed by atoms with E-state index < -0.39 is 5.91 Å². The van der Waals surface area contributed by atoms with Crippen LogP contribution in [0, 0.1) is 6.92 Å². The van der Waals surface area contributed by atoms with Crippen molar-refractivity contribution in [3.8, 4) is 5.75 Å². The summed E-state index contributed by atoms with van der Waals surface area (Å²) in [6.45, 7) is 1.63. The number of halogens is 2. The lowest BCUT2D eigenvalue weighted by atomic mass is 9.99. The van der Waals surface area contributed by atoms with Crippen LogP contribution in [0.25, 0.3) is 0 Å². The number of ether oxygens (including phenoxy) is 1. The largest absolute Gasteiger partial charge is 0.482 e. The number of hydrogen-bond acceptors (Lipinski definition) is 3. The Kier molecular flexibility index (Phi) is 6.34. The summed E-state index contributed by atoms with van der Waals surface area (Å²) in [4.78, 5) is 25.2. The number of anilines is 1. The van der Waals surface area contributed by atoms with Gasteiger partial charge >= 0.3 is 0 Å². The summed E-state index contributed by atoms with van der Waals surface area (Å²) in [6.07, 6.45) is 0. The predicted octanol–water partition coefficient (Wildman–Crippen LogP) is 5.55. The molecule has 0 aliphatic heterocycles. The summed E-state index contributed by atoms with van der Waals surface area (Å²) < 4.78 is 5.45. The van der Waals surface area contributed by atoms with E-state index in [0.717, 1.165) is 5.56 Å². The summed E-state index contributed by atoms with van der Waals surface area (Å²) in [5, 5.41) is 3.53. The number of nitrogens with one attached hydrogen (secondary N) is 1. The molecule has 0 aliphatic rings. The zero-order chi connectivity index (χ0) is 20.1. The first-order chi connectivity index (χ1) is 13.4. The van der Waals surface area contributed by atoms with Gasteiger partial charge in [0.25, 0.3) is 5.91 Å². The van der Waals surface area contributed by atoms with Crippen LogP contribution < -0.4 is 10.1 Å². The molecule has 4 nitrogen and oxygen atoms in total. The fourth-order valence-electron chi connectivity index (χ4n) is 2.62. The first-order valence-electron chi connectivity index (χ1n) is 8.52. The molecule has 0 atom stereocenters. The van der Waals surface area contributed by atoms with E-state index in [-0.39, 0.29) is 12.4 Å². The molecule has 0 unspecified atom stereocenters. The van der Waals surface area contributed by atoms with Gasteiger partial charge in [-0.15, -0.1) is 0 Å². The third-order valence-electron chi connectivity index (χ3n) is 3.98. The van der Waals surface area contributed by atoms with E-state index in [1.165, 1.54) is 6.07 Å². The Morgan fingerprint density at radius 1 is 0.964 bits per heavy atom. The SMILES string of the molecule is Cc1ccc(NC(=O)COc2ccc(Cl)cc2Cl)c(C(=O)c2ccccc2)c1. The van der Waals surface area contributed by atoms with Gasteiger partial charge in [-0.1, -0.05) is 65.2 Å². The van der Waals surface area contributed by atoms with E-state index >= 15 is 0 Å². The average Bonchev–Trinajstić information content (AvgIpc) is 2.69. The molecular formula is C22H17Cl2NO3. The molecule has 1 N–H and O–H groups in total. The fourth-order valence-corrected chi connectivity index (χ4v) is 3.08. The van der Waals surface area contributed by atoms with Gasteiger partial charge in [0.1, 0.15) is 5.75 Å². The Bertz CT molecular complexity index is 1020. The number of rotatable bonds is 6. The minimum atomic E-state index is -0.406. The van der Waals surface area contributed by atoms with Crippen molar-refractivity contribution in [3.05, 3.63) is 93.5 Å². The minimum Gasteiger partial charge on any atom is -0.482 e. The minimum absolute atomic E-state index is 0.165. The predicted molar refractivity (Wildman–Crippen MR) is 112 cm³/mol. The van der Waals surface area contributed by atoms with Crippen molar-refractivity contribution in [2.75, 3.05) is 11.9 Å². The molecule has 0 heterocycles. The monoisotopic (exact) mass is 413 g/mol. The normalized spacial score (nSPS) is 10.4. The molecule has 142 valence electrons. The van der Waals surface area contributed by atoms with Gasteiger partial charge in [0.05, 0.1) is 10.7 Å². The number of benzene rings is 3. The first kappa shape index (κ1) is 19.9. The van der Waals surface area contributed by atoms with E-state index in [2.05, 4.69) is 5.32 Å². The number of carbonyl (C=O) groups is 2. The van der Waals surface area contributed by atoms with Crippen LogP contribution in [0.15, 0.2) is 66.7 Å². The second kappa shape index (κ2) is 8.91. The number of aryl methyl sites for hydroxylation is 1. The summed E-state index contributed by atoms with van der Waals surface area (Å²) in [6, 6.07) is 18.9. The second-order valence-corrected chi connectivity index (χ2v) is 7.00. The lowest BCUT2D eigenvalue weighted by Gasteiger charge is -2.13. The number of carbonyl (C=O) groups excluding carboxylic acids is 2. The van der Waals surface area contributed by atoms with E-state index in [1.54, 1.807) is 48.5 Å². The van der Waals surface area contributed by atoms with Gasteiger partial charge in [-0.25, -0.2) is 0 Å². The lowest BCUT2D eigenvalue weighted by molar-refractivity contribution is -0.118. The Labute approximate surface area is 173 Å². The smallest absolute Gasteiger partial charge is 0.262 e. The highest BCUT2D eigenvalue weighted by Crippen LogP contribution is 2.27. The maximum Gasteiger partial charge on any atom is 0.262 e. The zero-order valence-corrected chi connectivity index (χ0v) is 16.6. The molecule has 6 heteroatoms. The molecule has 0 saturated heterocycles. The summed E-state index contributed by atoms with van der Waals surface area (Å²) in [7, 11) is 0. The molecule has 1 amide bonds. The van der Waals surface area contributed by atoms with Crippen molar-refractivity contribution in [2.45, 2.75) is 6.92 Å². The van der Waals surface area contributed by atoms with Crippen LogP contribution in [0.2, 0.25) is 10.0 Å². The van der Waals surface area contributed by atoms with Gasteiger partial charge in [-0.2, -0.15) is 0 Å². The summed E-state index contributed by atoms with van der Waals surface area (Å²) >= 11 is 11.9. The van der Waals surface area contributed by atoms with Crippen LogP contribution in [0.1, 0.15) is 21.5 Å². The number of hydrogen-bond donors (Lipinski definition) is 1. The standard InChI is InChI=1S/C22H17Cl2NO3/c1-14-7-9-19(17(11-14)22(27)15-5-3-2-4-6-15)25-21(26)13-28-20-10-8-16(23)12-18(20)24/h2-12H,13H2,1H3,(H,25,26). The first-order valence-corrected chi connectivity index (χ1v) is 9.28. The third kappa shape index (κ3) is 4.91. The topological polar surface area (TPSA) is 55.4 Å². The Morgan fingerprint density at radius 3 is 2.43 bits per heavy atom. The Hall–Kier alpha value is -2.82. The molecule has 0 bridgehead atoms. The molecule has 0 aromatic heterocycles. The quantitative estimate of drug-likeness (QED) is 0.538. The van der Waals surface area contributed by atoms with E-state index in [4.69, 9.17) is 27.9 Å². The highest BCUT2D eigenvalue weighted by atomic mass is 35.5. The van der Waals surface area contributed by atoms with Crippen molar-refractivity contribution in [3.63, 3.8) is 0 Å². The van der Waals surface area contributed by atoms with Crippen LogP contribution >= 0.6 is 23.2 Å². The Balaban J connectivity index is 1.75. The van der Waals surface area contributed by atoms with Crippen LogP contribution in [0.5, 0.6) is 5.75 Å². The van der Waals surface area contributed by atoms with Crippen LogP contribution in [-0.2, 0) is 4.79 Å². The van der Waals surface area contributed by atoms with Crippen molar-refractivity contribution in [1.82, 2.24) is 0 Å². The molecule has 0 aliphatic carbocycles. The third-order valence-corrected chi connectivity index (χ3v) is 4.51. The van der Waals surface area contributed by atoms with Gasteiger partial charge in [-0.05, 0) is 37.3 Å². The highest BCUT2D eigenvalue weighted by molar-refractivity contribution is 6.35. The van der Waals surface area contributed by atoms with Crippen LogP contribution in [-0.4, -0.2) is 18.3 Å². The molecule has 0 spiro atoms. The van der Waals surface area contributed by atoms with Crippen molar-refractivity contribution in [1.29, 1.82) is 0 Å². The fraction of sp³-hybridized carbons (Fsp3) is 0.0909. The van der Waals surface area contributed by atoms with Gasteiger partial charge < -0.3 is 10.1 Å². The van der Waals surface area contributed by atoms with Crippen LogP contribution in [0.4, 0.5) is 5.69 Å². The maximum atomic E-state index is 12.8. The average molecular weight is 414 g/mol. The summed E-state index contributed by atoms with van der Waals surface area (Å²) in [5.41, 5.74) is 2.31.